The number of hydrogen-bond donors (Lipinski definition) is 0. The van der Waals surface area contributed by atoms with Crippen LogP contribution in [0.5, 0.6) is 23.0 Å². The van der Waals surface area contributed by atoms with E-state index in [0.29, 0.717) is 52.6 Å². The Morgan fingerprint density at radius 3 is 2.53 bits per heavy atom. The fraction of sp³-hybridized carbons (Fsp3) is 0.333. The van der Waals surface area contributed by atoms with Gasteiger partial charge in [0.1, 0.15) is 13.2 Å². The molecule has 0 saturated carbocycles. The quantitative estimate of drug-likeness (QED) is 0.647. The van der Waals surface area contributed by atoms with Gasteiger partial charge >= 0.3 is 0 Å². The molecule has 11 heteroatoms. The van der Waals surface area contributed by atoms with Gasteiger partial charge in [0, 0.05) is 22.6 Å². The molecule has 4 heterocycles. The average Bonchev–Trinajstić information content (AvgIpc) is 3.44. The zero-order chi connectivity index (χ0) is 21.9. The van der Waals surface area contributed by atoms with Crippen LogP contribution in [0.4, 0.5) is 5.69 Å². The molecule has 4 aliphatic rings. The highest BCUT2D eigenvalue weighted by Gasteiger charge is 2.49. The molecule has 32 heavy (non-hydrogen) atoms. The fourth-order valence-electron chi connectivity index (χ4n) is 4.23. The van der Waals surface area contributed by atoms with E-state index in [4.69, 9.17) is 18.9 Å². The summed E-state index contributed by atoms with van der Waals surface area (Å²) in [5.74, 6) is 1.94. The van der Waals surface area contributed by atoms with Gasteiger partial charge in [-0.15, -0.1) is 0 Å². The number of rotatable bonds is 2. The molecule has 2 saturated heterocycles. The summed E-state index contributed by atoms with van der Waals surface area (Å²) < 4.78 is 46.5. The van der Waals surface area contributed by atoms with Gasteiger partial charge in [-0.05, 0) is 30.3 Å². The Morgan fingerprint density at radius 2 is 1.66 bits per heavy atom. The van der Waals surface area contributed by atoms with Crippen LogP contribution in [0.3, 0.4) is 0 Å². The summed E-state index contributed by atoms with van der Waals surface area (Å²) in [5.41, 5.74) is 1.08. The normalized spacial score (nSPS) is 25.8. The van der Waals surface area contributed by atoms with Gasteiger partial charge in [0.05, 0.1) is 17.5 Å². The number of aliphatic imine (C=N–C) groups is 1. The van der Waals surface area contributed by atoms with Gasteiger partial charge in [0.25, 0.3) is 5.91 Å². The molecule has 6 rings (SSSR count). The van der Waals surface area contributed by atoms with Crippen LogP contribution >= 0.6 is 11.8 Å². The summed E-state index contributed by atoms with van der Waals surface area (Å²) in [4.78, 5) is 19.2. The van der Waals surface area contributed by atoms with Crippen LogP contribution in [0.15, 0.2) is 41.4 Å². The minimum atomic E-state index is -3.16. The first kappa shape index (κ1) is 19.7. The molecule has 2 aromatic rings. The first-order chi connectivity index (χ1) is 15.5. The van der Waals surface area contributed by atoms with E-state index < -0.39 is 15.7 Å². The maximum absolute atomic E-state index is 13.0. The molecular formula is C21H18N2O7S2. The summed E-state index contributed by atoms with van der Waals surface area (Å²) in [7, 11) is -3.16. The van der Waals surface area contributed by atoms with Gasteiger partial charge in [-0.2, -0.15) is 4.99 Å². The topological polar surface area (TPSA) is 104 Å². The molecule has 0 aromatic heterocycles. The molecule has 0 N–H and O–H groups in total. The predicted molar refractivity (Wildman–Crippen MR) is 118 cm³/mol. The monoisotopic (exact) mass is 474 g/mol. The van der Waals surface area contributed by atoms with E-state index in [1.165, 1.54) is 11.8 Å². The lowest BCUT2D eigenvalue weighted by Crippen LogP contribution is -2.37. The minimum absolute atomic E-state index is 0.0103. The van der Waals surface area contributed by atoms with Crippen LogP contribution in [0.2, 0.25) is 0 Å². The zero-order valence-corrected chi connectivity index (χ0v) is 18.4. The number of carbonyl (C=O) groups is 1. The smallest absolute Gasteiger partial charge is 0.279 e. The lowest BCUT2D eigenvalue weighted by atomic mass is 10.2. The second-order valence-electron chi connectivity index (χ2n) is 7.77. The van der Waals surface area contributed by atoms with Crippen molar-refractivity contribution in [1.82, 2.24) is 0 Å². The number of anilines is 1. The van der Waals surface area contributed by atoms with Gasteiger partial charge in [-0.1, -0.05) is 11.8 Å². The first-order valence-electron chi connectivity index (χ1n) is 10.1. The lowest BCUT2D eigenvalue weighted by Gasteiger charge is -2.26. The number of amidine groups is 1. The molecule has 0 radical (unpaired) electrons. The Bertz CT molecular complexity index is 1260. The molecule has 2 aromatic carbocycles. The molecule has 166 valence electrons. The van der Waals surface area contributed by atoms with Crippen LogP contribution in [0.25, 0.3) is 0 Å². The molecule has 2 fully saturated rings. The summed E-state index contributed by atoms with van der Waals surface area (Å²) in [6, 6.07) is 10.0. The molecule has 0 aliphatic carbocycles. The van der Waals surface area contributed by atoms with Crippen molar-refractivity contribution in [3.8, 4) is 23.0 Å². The third-order valence-electron chi connectivity index (χ3n) is 5.69. The van der Waals surface area contributed by atoms with Crippen molar-refractivity contribution in [1.29, 1.82) is 0 Å². The number of fused-ring (bicyclic) bond motifs is 3. The average molecular weight is 475 g/mol. The number of ether oxygens (including phenoxy) is 4. The number of carbonyl (C=O) groups excluding carboxylic acids is 1. The largest absolute Gasteiger partial charge is 0.486 e. The number of thioether (sulfide) groups is 1. The van der Waals surface area contributed by atoms with Gasteiger partial charge < -0.3 is 23.8 Å². The number of hydrogen-bond acceptors (Lipinski definition) is 8. The van der Waals surface area contributed by atoms with Crippen LogP contribution in [0.1, 0.15) is 10.4 Å². The molecule has 4 aliphatic heterocycles. The third kappa shape index (κ3) is 3.36. The van der Waals surface area contributed by atoms with Crippen molar-refractivity contribution in [3.63, 3.8) is 0 Å². The standard InChI is InChI=1S/C21H18N2O7S2/c24-20(12-1-3-16-17(7-12)30-11-29-16)22-21-23(14-9-32(25,26)10-19(14)31-21)13-2-4-15-18(8-13)28-6-5-27-15/h1-4,7-8,14,19H,5-6,9-11H2/t14-,19-/m0/s1. The molecule has 2 atom stereocenters. The molecule has 0 bridgehead atoms. The van der Waals surface area contributed by atoms with Crippen molar-refractivity contribution < 1.29 is 32.2 Å². The van der Waals surface area contributed by atoms with Crippen LogP contribution < -0.4 is 23.8 Å². The predicted octanol–water partition coefficient (Wildman–Crippen LogP) is 2.10. The highest BCUT2D eigenvalue weighted by molar-refractivity contribution is 8.16. The van der Waals surface area contributed by atoms with Crippen LogP contribution in [-0.2, 0) is 9.84 Å². The molecule has 0 spiro atoms. The molecule has 9 nitrogen and oxygen atoms in total. The van der Waals surface area contributed by atoms with Crippen molar-refractivity contribution in [3.05, 3.63) is 42.0 Å². The second kappa shape index (κ2) is 7.31. The van der Waals surface area contributed by atoms with Crippen molar-refractivity contribution in [2.24, 2.45) is 4.99 Å². The number of benzene rings is 2. The number of sulfone groups is 1. The van der Waals surface area contributed by atoms with E-state index in [9.17, 15) is 13.2 Å². The highest BCUT2D eigenvalue weighted by Crippen LogP contribution is 2.43. The van der Waals surface area contributed by atoms with Gasteiger partial charge in [0.15, 0.2) is 38.0 Å². The van der Waals surface area contributed by atoms with Crippen LogP contribution in [0, 0.1) is 0 Å². The van der Waals surface area contributed by atoms with E-state index in [0.717, 1.165) is 0 Å². The summed E-state index contributed by atoms with van der Waals surface area (Å²) in [6.07, 6.45) is 0. The minimum Gasteiger partial charge on any atom is -0.486 e. The van der Waals surface area contributed by atoms with Gasteiger partial charge in [-0.3, -0.25) is 4.79 Å². The Kier molecular flexibility index (Phi) is 4.51. The lowest BCUT2D eigenvalue weighted by molar-refractivity contribution is 0.100. The highest BCUT2D eigenvalue weighted by atomic mass is 32.2. The first-order valence-corrected chi connectivity index (χ1v) is 12.8. The van der Waals surface area contributed by atoms with Crippen molar-refractivity contribution >= 4 is 38.4 Å². The Balaban J connectivity index is 1.37. The Labute approximate surface area is 188 Å². The number of nitrogens with zero attached hydrogens (tertiary/aromatic N) is 2. The van der Waals surface area contributed by atoms with E-state index in [-0.39, 0.29) is 29.6 Å². The number of amides is 1. The SMILES string of the molecule is O=C(N=C1S[C@H]2CS(=O)(=O)C[C@@H]2N1c1ccc2c(c1)OCCO2)c1ccc2c(c1)OCO2. The van der Waals surface area contributed by atoms with Crippen molar-refractivity contribution in [2.45, 2.75) is 11.3 Å². The zero-order valence-electron chi connectivity index (χ0n) is 16.7. The van der Waals surface area contributed by atoms with Crippen LogP contribution in [-0.4, -0.2) is 62.3 Å². The maximum Gasteiger partial charge on any atom is 0.279 e. The third-order valence-corrected chi connectivity index (χ3v) is 8.90. The Hall–Kier alpha value is -2.92. The molecule has 0 unspecified atom stereocenters. The second-order valence-corrected chi connectivity index (χ2v) is 11.1. The van der Waals surface area contributed by atoms with E-state index >= 15 is 0 Å². The molecule has 1 amide bonds. The summed E-state index contributed by atoms with van der Waals surface area (Å²) in [6.45, 7) is 1.04. The van der Waals surface area contributed by atoms with Gasteiger partial charge in [0.2, 0.25) is 6.79 Å². The summed E-state index contributed by atoms with van der Waals surface area (Å²) >= 11 is 1.32. The summed E-state index contributed by atoms with van der Waals surface area (Å²) in [5, 5.41) is 0.269. The van der Waals surface area contributed by atoms with E-state index in [2.05, 4.69) is 4.99 Å². The fourth-order valence-corrected chi connectivity index (χ4v) is 8.14. The Morgan fingerprint density at radius 1 is 0.938 bits per heavy atom. The maximum atomic E-state index is 13.0. The molecular weight excluding hydrogens is 456 g/mol. The van der Waals surface area contributed by atoms with E-state index in [1.54, 1.807) is 24.3 Å². The van der Waals surface area contributed by atoms with Gasteiger partial charge in [-0.25, -0.2) is 8.42 Å². The van der Waals surface area contributed by atoms with E-state index in [1.807, 2.05) is 17.0 Å². The van der Waals surface area contributed by atoms with Crippen molar-refractivity contribution in [2.75, 3.05) is 36.4 Å².